The number of nitrogens with one attached hydrogen (secondary N) is 1. The molecule has 0 aromatic heterocycles. The lowest BCUT2D eigenvalue weighted by atomic mass is 9.93. The lowest BCUT2D eigenvalue weighted by molar-refractivity contribution is -0.133. The van der Waals surface area contributed by atoms with Crippen LogP contribution in [0.4, 0.5) is 0 Å². The van der Waals surface area contributed by atoms with E-state index in [1.165, 1.54) is 0 Å². The number of rotatable bonds is 4. The third-order valence-corrected chi connectivity index (χ3v) is 4.87. The van der Waals surface area contributed by atoms with Gasteiger partial charge >= 0.3 is 0 Å². The second-order valence-electron chi connectivity index (χ2n) is 5.74. The first-order valence-corrected chi connectivity index (χ1v) is 8.16. The number of hydrogen-bond donors (Lipinski definition) is 1. The number of benzene rings is 1. The Morgan fingerprint density at radius 2 is 2.05 bits per heavy atom. The first kappa shape index (κ1) is 16.6. The van der Waals surface area contributed by atoms with Crippen LogP contribution in [0.25, 0.3) is 0 Å². The van der Waals surface area contributed by atoms with Crippen LogP contribution < -0.4 is 5.32 Å². The minimum Gasteiger partial charge on any atom is -0.339 e. The van der Waals surface area contributed by atoms with Gasteiger partial charge in [0.1, 0.15) is 0 Å². The zero-order valence-corrected chi connectivity index (χ0v) is 14.0. The fraction of sp³-hybridized carbons (Fsp3) is 0.562. The molecule has 0 aliphatic carbocycles. The first-order valence-electron chi connectivity index (χ1n) is 7.40. The lowest BCUT2D eigenvalue weighted by Crippen LogP contribution is -2.34. The smallest absolute Gasteiger partial charge is 0.223 e. The number of hydrogen-bond acceptors (Lipinski definition) is 2. The molecule has 1 aromatic rings. The van der Waals surface area contributed by atoms with E-state index in [0.29, 0.717) is 22.4 Å². The van der Waals surface area contributed by atoms with Crippen LogP contribution in [-0.4, -0.2) is 30.9 Å². The molecule has 1 atom stereocenters. The van der Waals surface area contributed by atoms with Gasteiger partial charge in [0, 0.05) is 23.5 Å². The van der Waals surface area contributed by atoms with Crippen molar-refractivity contribution in [2.45, 2.75) is 32.2 Å². The summed E-state index contributed by atoms with van der Waals surface area (Å²) in [5.41, 5.74) is 0.933. The van der Waals surface area contributed by atoms with Crippen LogP contribution in [0.3, 0.4) is 0 Å². The second-order valence-corrected chi connectivity index (χ2v) is 6.59. The Morgan fingerprint density at radius 3 is 2.67 bits per heavy atom. The molecule has 1 aromatic carbocycles. The summed E-state index contributed by atoms with van der Waals surface area (Å²) in [5, 5.41) is 4.54. The highest BCUT2D eigenvalue weighted by Gasteiger charge is 2.23. The quantitative estimate of drug-likeness (QED) is 0.908. The van der Waals surface area contributed by atoms with Gasteiger partial charge in [0.2, 0.25) is 5.91 Å². The van der Waals surface area contributed by atoms with Gasteiger partial charge < -0.3 is 10.2 Å². The summed E-state index contributed by atoms with van der Waals surface area (Å²) in [6.07, 6.45) is 2.78. The third-order valence-electron chi connectivity index (χ3n) is 4.31. The van der Waals surface area contributed by atoms with Gasteiger partial charge in [0.05, 0.1) is 6.04 Å². The fourth-order valence-electron chi connectivity index (χ4n) is 2.74. The molecule has 0 spiro atoms. The molecule has 2 rings (SSSR count). The van der Waals surface area contributed by atoms with E-state index in [-0.39, 0.29) is 11.9 Å². The molecule has 21 heavy (non-hydrogen) atoms. The molecular weight excluding hydrogens is 307 g/mol. The molecule has 1 aliphatic rings. The van der Waals surface area contributed by atoms with Crippen molar-refractivity contribution in [2.24, 2.45) is 5.92 Å². The van der Waals surface area contributed by atoms with Crippen LogP contribution in [0.15, 0.2) is 18.2 Å². The summed E-state index contributed by atoms with van der Waals surface area (Å²) in [6, 6.07) is 5.37. The van der Waals surface area contributed by atoms with Crippen molar-refractivity contribution in [3.63, 3.8) is 0 Å². The van der Waals surface area contributed by atoms with E-state index >= 15 is 0 Å². The number of piperidine rings is 1. The Morgan fingerprint density at radius 1 is 1.38 bits per heavy atom. The molecule has 116 valence electrons. The predicted molar refractivity (Wildman–Crippen MR) is 87.9 cm³/mol. The molecule has 1 N–H and O–H groups in total. The van der Waals surface area contributed by atoms with E-state index in [1.54, 1.807) is 11.0 Å². The van der Waals surface area contributed by atoms with Crippen LogP contribution in [0.2, 0.25) is 10.0 Å². The molecule has 0 saturated carbocycles. The Bertz CT molecular complexity index is 501. The number of nitrogens with zero attached hydrogens (tertiary/aromatic N) is 1. The second kappa shape index (κ2) is 7.48. The highest BCUT2D eigenvalue weighted by atomic mass is 35.5. The Kier molecular flexibility index (Phi) is 5.91. The van der Waals surface area contributed by atoms with Gasteiger partial charge in [0.15, 0.2) is 0 Å². The number of halogens is 2. The molecule has 5 heteroatoms. The van der Waals surface area contributed by atoms with Crippen LogP contribution in [0.1, 0.15) is 37.8 Å². The summed E-state index contributed by atoms with van der Waals surface area (Å²) < 4.78 is 0. The summed E-state index contributed by atoms with van der Waals surface area (Å²) in [6.45, 7) is 4.02. The van der Waals surface area contributed by atoms with E-state index < -0.39 is 0 Å². The van der Waals surface area contributed by atoms with Crippen LogP contribution in [0.5, 0.6) is 0 Å². The van der Waals surface area contributed by atoms with Crippen molar-refractivity contribution in [1.82, 2.24) is 10.2 Å². The third kappa shape index (κ3) is 4.35. The van der Waals surface area contributed by atoms with Gasteiger partial charge in [-0.05, 0) is 56.5 Å². The van der Waals surface area contributed by atoms with Crippen molar-refractivity contribution >= 4 is 29.1 Å². The predicted octanol–water partition coefficient (Wildman–Crippen LogP) is 3.90. The maximum Gasteiger partial charge on any atom is 0.223 e. The zero-order chi connectivity index (χ0) is 15.4. The lowest BCUT2D eigenvalue weighted by Gasteiger charge is -2.29. The summed E-state index contributed by atoms with van der Waals surface area (Å²) in [4.78, 5) is 14.2. The highest BCUT2D eigenvalue weighted by molar-refractivity contribution is 6.35. The molecule has 1 heterocycles. The molecule has 1 fully saturated rings. The van der Waals surface area contributed by atoms with Gasteiger partial charge in [-0.3, -0.25) is 4.79 Å². The van der Waals surface area contributed by atoms with Crippen molar-refractivity contribution in [3.8, 4) is 0 Å². The van der Waals surface area contributed by atoms with E-state index in [9.17, 15) is 4.79 Å². The number of carbonyl (C=O) groups is 1. The Hall–Kier alpha value is -0.770. The first-order chi connectivity index (χ1) is 9.99. The van der Waals surface area contributed by atoms with Crippen molar-refractivity contribution in [3.05, 3.63) is 33.8 Å². The normalized spacial score (nSPS) is 17.5. The van der Waals surface area contributed by atoms with Crippen LogP contribution in [-0.2, 0) is 4.79 Å². The van der Waals surface area contributed by atoms with Gasteiger partial charge in [-0.2, -0.15) is 0 Å². The van der Waals surface area contributed by atoms with E-state index in [0.717, 1.165) is 31.5 Å². The standard InChI is InChI=1S/C16H22Cl2N2O/c1-11(14-4-3-13(17)10-15(14)18)20(2)16(21)9-12-5-7-19-8-6-12/h3-4,10-12,19H,5-9H2,1-2H3/t11-/m1/s1. The monoisotopic (exact) mass is 328 g/mol. The highest BCUT2D eigenvalue weighted by Crippen LogP contribution is 2.30. The van der Waals surface area contributed by atoms with E-state index in [4.69, 9.17) is 23.2 Å². The average molecular weight is 329 g/mol. The minimum atomic E-state index is -0.0519. The zero-order valence-electron chi connectivity index (χ0n) is 12.5. The largest absolute Gasteiger partial charge is 0.339 e. The van der Waals surface area contributed by atoms with E-state index in [1.807, 2.05) is 26.1 Å². The Balaban J connectivity index is 2.00. The fourth-order valence-corrected chi connectivity index (χ4v) is 3.31. The Labute approximate surface area is 136 Å². The minimum absolute atomic E-state index is 0.0519. The topological polar surface area (TPSA) is 32.3 Å². The maximum atomic E-state index is 12.4. The molecule has 1 saturated heterocycles. The molecule has 0 radical (unpaired) electrons. The summed E-state index contributed by atoms with van der Waals surface area (Å²) >= 11 is 12.2. The van der Waals surface area contributed by atoms with E-state index in [2.05, 4.69) is 5.32 Å². The molecule has 0 bridgehead atoms. The van der Waals surface area contributed by atoms with Crippen LogP contribution >= 0.6 is 23.2 Å². The summed E-state index contributed by atoms with van der Waals surface area (Å²) in [5.74, 6) is 0.675. The number of carbonyl (C=O) groups excluding carboxylic acids is 1. The number of amides is 1. The molecule has 3 nitrogen and oxygen atoms in total. The molecule has 1 aliphatic heterocycles. The van der Waals surface area contributed by atoms with Crippen molar-refractivity contribution < 1.29 is 4.79 Å². The maximum absolute atomic E-state index is 12.4. The van der Waals surface area contributed by atoms with Gasteiger partial charge in [0.25, 0.3) is 0 Å². The van der Waals surface area contributed by atoms with Crippen molar-refractivity contribution in [2.75, 3.05) is 20.1 Å². The molecule has 1 amide bonds. The SMILES string of the molecule is C[C@H](c1ccc(Cl)cc1Cl)N(C)C(=O)CC1CCNCC1. The van der Waals surface area contributed by atoms with Gasteiger partial charge in [-0.25, -0.2) is 0 Å². The van der Waals surface area contributed by atoms with Gasteiger partial charge in [-0.1, -0.05) is 29.3 Å². The van der Waals surface area contributed by atoms with Crippen molar-refractivity contribution in [1.29, 1.82) is 0 Å². The summed E-state index contributed by atoms with van der Waals surface area (Å²) in [7, 11) is 1.85. The van der Waals surface area contributed by atoms with Gasteiger partial charge in [-0.15, -0.1) is 0 Å². The molecule has 0 unspecified atom stereocenters. The van der Waals surface area contributed by atoms with Crippen LogP contribution in [0, 0.1) is 5.92 Å². The molecular formula is C16H22Cl2N2O. The average Bonchev–Trinajstić information content (AvgIpc) is 2.47.